The molecule has 9 heteroatoms. The minimum absolute atomic E-state index is 0.0180. The number of benzene rings is 3. The van der Waals surface area contributed by atoms with Crippen molar-refractivity contribution in [3.8, 4) is 5.69 Å². The summed E-state index contributed by atoms with van der Waals surface area (Å²) in [5, 5.41) is 8.49. The maximum absolute atomic E-state index is 13.3. The molecule has 1 unspecified atom stereocenters. The first-order valence-corrected chi connectivity index (χ1v) is 10.3. The number of nitrogens with two attached hydrogens (primary N) is 1. The molecule has 1 aliphatic heterocycles. The number of halogens is 1. The monoisotopic (exact) mass is 442 g/mol. The fourth-order valence-corrected chi connectivity index (χ4v) is 3.82. The van der Waals surface area contributed by atoms with Gasteiger partial charge in [-0.3, -0.25) is 24.5 Å². The van der Waals surface area contributed by atoms with Crippen molar-refractivity contribution >= 4 is 40.2 Å². The Labute approximate surface area is 188 Å². The van der Waals surface area contributed by atoms with Crippen molar-refractivity contribution in [2.24, 2.45) is 10.8 Å². The zero-order chi connectivity index (χ0) is 22.9. The average Bonchev–Trinajstić information content (AvgIpc) is 3.42. The molecule has 164 valence electrons. The predicted octanol–water partition coefficient (Wildman–Crippen LogP) is 3.22. The standard InChI is InChI=1S/C24H19FN6O2/c25-15-10-12-17(13-11-15)31-21(22(26)32)14-19(29-31)23(33)28-24-27-18-8-4-5-9-20(18)30(24)16-6-2-1-3-7-16/h1-13,21H,14H2,(H2,26,32)(H,27,28,33). The van der Waals surface area contributed by atoms with Gasteiger partial charge in [-0.25, -0.2) is 9.37 Å². The SMILES string of the molecule is NC(=O)C1CC(C(=O)Nc2nc3ccccc3n2-c2ccccc2)=NN1c1ccc(F)cc1. The van der Waals surface area contributed by atoms with Crippen molar-refractivity contribution < 1.29 is 14.0 Å². The maximum Gasteiger partial charge on any atom is 0.274 e. The lowest BCUT2D eigenvalue weighted by molar-refractivity contribution is -0.119. The molecule has 3 N–H and O–H groups in total. The molecule has 33 heavy (non-hydrogen) atoms. The fourth-order valence-electron chi connectivity index (χ4n) is 3.82. The van der Waals surface area contributed by atoms with Crippen LogP contribution in [0.5, 0.6) is 0 Å². The predicted molar refractivity (Wildman–Crippen MR) is 124 cm³/mol. The number of hydrogen-bond acceptors (Lipinski definition) is 5. The minimum atomic E-state index is -0.857. The van der Waals surface area contributed by atoms with E-state index in [9.17, 15) is 14.0 Å². The molecule has 3 aromatic carbocycles. The molecule has 1 atom stereocenters. The Morgan fingerprint density at radius 1 is 0.939 bits per heavy atom. The number of amides is 2. The largest absolute Gasteiger partial charge is 0.368 e. The number of imidazole rings is 1. The second kappa shape index (κ2) is 8.19. The van der Waals surface area contributed by atoms with Crippen LogP contribution in [0.2, 0.25) is 0 Å². The zero-order valence-electron chi connectivity index (χ0n) is 17.4. The van der Waals surface area contributed by atoms with Gasteiger partial charge >= 0.3 is 0 Å². The quantitative estimate of drug-likeness (QED) is 0.495. The highest BCUT2D eigenvalue weighted by Crippen LogP contribution is 2.27. The van der Waals surface area contributed by atoms with Gasteiger partial charge in [-0.05, 0) is 48.5 Å². The summed E-state index contributed by atoms with van der Waals surface area (Å²) in [6.07, 6.45) is 0.0180. The summed E-state index contributed by atoms with van der Waals surface area (Å²) in [7, 11) is 0. The molecule has 1 aliphatic rings. The Morgan fingerprint density at radius 2 is 1.64 bits per heavy atom. The number of nitrogens with zero attached hydrogens (tertiary/aromatic N) is 4. The number of hydrazone groups is 1. The Bertz CT molecular complexity index is 1380. The van der Waals surface area contributed by atoms with E-state index in [0.717, 1.165) is 11.2 Å². The van der Waals surface area contributed by atoms with Gasteiger partial charge in [0.15, 0.2) is 0 Å². The summed E-state index contributed by atoms with van der Waals surface area (Å²) in [5.41, 5.74) is 8.50. The molecule has 5 rings (SSSR count). The van der Waals surface area contributed by atoms with Crippen LogP contribution in [0, 0.1) is 5.82 Å². The highest BCUT2D eigenvalue weighted by atomic mass is 19.1. The highest BCUT2D eigenvalue weighted by molar-refractivity contribution is 6.44. The first-order chi connectivity index (χ1) is 16.0. The van der Waals surface area contributed by atoms with Crippen molar-refractivity contribution in [1.82, 2.24) is 9.55 Å². The van der Waals surface area contributed by atoms with Gasteiger partial charge in [0.05, 0.1) is 16.7 Å². The molecule has 0 saturated heterocycles. The van der Waals surface area contributed by atoms with E-state index in [1.54, 1.807) is 0 Å². The van der Waals surface area contributed by atoms with Crippen molar-refractivity contribution in [2.75, 3.05) is 10.3 Å². The second-order valence-electron chi connectivity index (χ2n) is 7.54. The third-order valence-electron chi connectivity index (χ3n) is 5.39. The number of fused-ring (bicyclic) bond motifs is 1. The van der Waals surface area contributed by atoms with Gasteiger partial charge in [-0.2, -0.15) is 5.10 Å². The molecule has 8 nitrogen and oxygen atoms in total. The van der Waals surface area contributed by atoms with Gasteiger partial charge in [0.25, 0.3) is 5.91 Å². The van der Waals surface area contributed by atoms with Crippen LogP contribution in [0.25, 0.3) is 16.7 Å². The Balaban J connectivity index is 1.49. The van der Waals surface area contributed by atoms with Crippen LogP contribution in [0.1, 0.15) is 6.42 Å². The van der Waals surface area contributed by atoms with E-state index in [2.05, 4.69) is 15.4 Å². The van der Waals surface area contributed by atoms with E-state index in [0.29, 0.717) is 17.2 Å². The van der Waals surface area contributed by atoms with E-state index in [1.165, 1.54) is 29.3 Å². The molecule has 1 aromatic heterocycles. The molecule has 4 aromatic rings. The molecule has 2 heterocycles. The average molecular weight is 442 g/mol. The van der Waals surface area contributed by atoms with Crippen molar-refractivity contribution in [3.63, 3.8) is 0 Å². The number of nitrogens with one attached hydrogen (secondary N) is 1. The summed E-state index contributed by atoms with van der Waals surface area (Å²) in [4.78, 5) is 29.7. The van der Waals surface area contributed by atoms with E-state index in [4.69, 9.17) is 5.73 Å². The van der Waals surface area contributed by atoms with E-state index in [-0.39, 0.29) is 12.1 Å². The normalized spacial score (nSPS) is 15.5. The number of para-hydroxylation sites is 3. The number of rotatable bonds is 5. The first kappa shape index (κ1) is 20.4. The molecule has 0 saturated carbocycles. The third-order valence-corrected chi connectivity index (χ3v) is 5.39. The second-order valence-corrected chi connectivity index (χ2v) is 7.54. The van der Waals surface area contributed by atoms with Crippen LogP contribution in [0.4, 0.5) is 16.0 Å². The van der Waals surface area contributed by atoms with Crippen LogP contribution in [0.3, 0.4) is 0 Å². The lowest BCUT2D eigenvalue weighted by Gasteiger charge is -2.20. The van der Waals surface area contributed by atoms with Crippen LogP contribution in [-0.4, -0.2) is 33.1 Å². The number of anilines is 2. The van der Waals surface area contributed by atoms with E-state index in [1.807, 2.05) is 59.2 Å². The van der Waals surface area contributed by atoms with Crippen LogP contribution in [-0.2, 0) is 9.59 Å². The number of aromatic nitrogens is 2. The van der Waals surface area contributed by atoms with Gasteiger partial charge in [0, 0.05) is 12.1 Å². The number of carbonyl (C=O) groups excluding carboxylic acids is 2. The lowest BCUT2D eigenvalue weighted by Crippen LogP contribution is -2.39. The van der Waals surface area contributed by atoms with Crippen LogP contribution in [0.15, 0.2) is 84.0 Å². The van der Waals surface area contributed by atoms with E-state index < -0.39 is 23.7 Å². The van der Waals surface area contributed by atoms with Crippen molar-refractivity contribution in [2.45, 2.75) is 12.5 Å². The summed E-state index contributed by atoms with van der Waals surface area (Å²) >= 11 is 0. The topological polar surface area (TPSA) is 106 Å². The van der Waals surface area contributed by atoms with Gasteiger partial charge in [-0.15, -0.1) is 0 Å². The van der Waals surface area contributed by atoms with Crippen LogP contribution < -0.4 is 16.1 Å². The summed E-state index contributed by atoms with van der Waals surface area (Å²) in [6.45, 7) is 0. The Morgan fingerprint density at radius 3 is 2.36 bits per heavy atom. The van der Waals surface area contributed by atoms with Gasteiger partial charge < -0.3 is 5.73 Å². The molecule has 0 fully saturated rings. The fraction of sp³-hybridized carbons (Fsp3) is 0.0833. The van der Waals surface area contributed by atoms with Gasteiger partial charge in [0.2, 0.25) is 11.9 Å². The molecule has 0 spiro atoms. The minimum Gasteiger partial charge on any atom is -0.368 e. The third kappa shape index (κ3) is 3.80. The summed E-state index contributed by atoms with van der Waals surface area (Å²) in [5.74, 6) is -1.23. The highest BCUT2D eigenvalue weighted by Gasteiger charge is 2.35. The summed E-state index contributed by atoms with van der Waals surface area (Å²) < 4.78 is 15.2. The Kier molecular flexibility index (Phi) is 5.06. The van der Waals surface area contributed by atoms with Crippen LogP contribution >= 0.6 is 0 Å². The number of primary amides is 1. The lowest BCUT2D eigenvalue weighted by atomic mass is 10.1. The smallest absolute Gasteiger partial charge is 0.274 e. The molecule has 2 amide bonds. The zero-order valence-corrected chi connectivity index (χ0v) is 17.4. The van der Waals surface area contributed by atoms with Crippen molar-refractivity contribution in [3.05, 3.63) is 84.7 Å². The number of carbonyl (C=O) groups is 2. The van der Waals surface area contributed by atoms with Gasteiger partial charge in [0.1, 0.15) is 17.6 Å². The number of hydrogen-bond donors (Lipinski definition) is 2. The molecular formula is C24H19FN6O2. The van der Waals surface area contributed by atoms with E-state index >= 15 is 0 Å². The first-order valence-electron chi connectivity index (χ1n) is 10.3. The Hall–Kier alpha value is -4.53. The molecule has 0 radical (unpaired) electrons. The molecule has 0 aliphatic carbocycles. The van der Waals surface area contributed by atoms with Gasteiger partial charge in [-0.1, -0.05) is 30.3 Å². The summed E-state index contributed by atoms with van der Waals surface area (Å²) in [6, 6.07) is 21.7. The maximum atomic E-state index is 13.3. The van der Waals surface area contributed by atoms with Crippen molar-refractivity contribution in [1.29, 1.82) is 0 Å². The molecule has 0 bridgehead atoms. The molecular weight excluding hydrogens is 423 g/mol.